The fourth-order valence-electron chi connectivity index (χ4n) is 1.16. The lowest BCUT2D eigenvalue weighted by atomic mass is 10.00. The van der Waals surface area contributed by atoms with Crippen molar-refractivity contribution in [1.29, 1.82) is 5.26 Å². The fraction of sp³-hybridized carbons (Fsp3) is 0.857. The van der Waals surface area contributed by atoms with E-state index < -0.39 is 0 Å². The van der Waals surface area contributed by atoms with Crippen molar-refractivity contribution in [2.75, 3.05) is 6.61 Å². The van der Waals surface area contributed by atoms with Gasteiger partial charge in [-0.1, -0.05) is 0 Å². The van der Waals surface area contributed by atoms with Crippen molar-refractivity contribution in [3.8, 4) is 6.07 Å². The molecule has 0 aromatic heterocycles. The highest BCUT2D eigenvalue weighted by Gasteiger charge is 2.23. The van der Waals surface area contributed by atoms with E-state index in [1.165, 1.54) is 0 Å². The van der Waals surface area contributed by atoms with Gasteiger partial charge in [0.25, 0.3) is 0 Å². The molecule has 1 rings (SSSR count). The summed E-state index contributed by atoms with van der Waals surface area (Å²) in [6, 6.07) is 2.16. The van der Waals surface area contributed by atoms with Crippen molar-refractivity contribution < 1.29 is 4.74 Å². The molecule has 0 amide bonds. The molecule has 0 unspecified atom stereocenters. The first-order valence-corrected chi connectivity index (χ1v) is 3.33. The molecule has 1 aliphatic rings. The van der Waals surface area contributed by atoms with Gasteiger partial charge in [-0.05, 0) is 19.3 Å². The zero-order valence-corrected chi connectivity index (χ0v) is 5.63. The minimum Gasteiger partial charge on any atom is -0.378 e. The summed E-state index contributed by atoms with van der Waals surface area (Å²) in [5.41, 5.74) is 0. The average Bonchev–Trinajstić information content (AvgIpc) is 2.18. The van der Waals surface area contributed by atoms with Gasteiger partial charge >= 0.3 is 0 Å². The molecule has 1 heterocycles. The average molecular weight is 125 g/mol. The summed E-state index contributed by atoms with van der Waals surface area (Å²) < 4.78 is 5.27. The van der Waals surface area contributed by atoms with Gasteiger partial charge in [0.1, 0.15) is 0 Å². The number of hydrogen-bond donors (Lipinski definition) is 0. The molecule has 9 heavy (non-hydrogen) atoms. The number of nitriles is 1. The van der Waals surface area contributed by atoms with Crippen LogP contribution in [0.15, 0.2) is 0 Å². The number of ether oxygens (including phenoxy) is 1. The molecule has 2 nitrogen and oxygen atoms in total. The second-order valence-corrected chi connectivity index (χ2v) is 2.49. The Kier molecular flexibility index (Phi) is 2.07. The first-order chi connectivity index (χ1) is 4.34. The van der Waals surface area contributed by atoms with Gasteiger partial charge < -0.3 is 4.74 Å². The van der Waals surface area contributed by atoms with E-state index in [1.807, 2.05) is 6.92 Å². The zero-order chi connectivity index (χ0) is 6.69. The monoisotopic (exact) mass is 125 g/mol. The van der Waals surface area contributed by atoms with Gasteiger partial charge in [-0.25, -0.2) is 0 Å². The molecule has 1 aliphatic heterocycles. The maximum absolute atomic E-state index is 8.34. The Morgan fingerprint density at radius 1 is 1.78 bits per heavy atom. The number of nitrogens with zero attached hydrogens (tertiary/aromatic N) is 1. The van der Waals surface area contributed by atoms with Crippen LogP contribution in [0, 0.1) is 17.2 Å². The summed E-state index contributed by atoms with van der Waals surface area (Å²) in [4.78, 5) is 0. The van der Waals surface area contributed by atoms with Gasteiger partial charge in [-0.2, -0.15) is 5.26 Å². The van der Waals surface area contributed by atoms with E-state index in [2.05, 4.69) is 6.07 Å². The second-order valence-electron chi connectivity index (χ2n) is 2.49. The molecule has 2 heteroatoms. The Balaban J connectivity index is 2.33. The molecule has 0 aliphatic carbocycles. The van der Waals surface area contributed by atoms with Crippen LogP contribution >= 0.6 is 0 Å². The highest BCUT2D eigenvalue weighted by atomic mass is 16.5. The third-order valence-electron chi connectivity index (χ3n) is 1.89. The minimum absolute atomic E-state index is 0.310. The van der Waals surface area contributed by atoms with Crippen LogP contribution in [0.2, 0.25) is 0 Å². The van der Waals surface area contributed by atoms with Crippen LogP contribution in [0.3, 0.4) is 0 Å². The van der Waals surface area contributed by atoms with Crippen molar-refractivity contribution in [1.82, 2.24) is 0 Å². The van der Waals surface area contributed by atoms with Crippen LogP contribution in [-0.4, -0.2) is 12.7 Å². The normalized spacial score (nSPS) is 34.2. The second kappa shape index (κ2) is 2.84. The van der Waals surface area contributed by atoms with E-state index in [-0.39, 0.29) is 0 Å². The van der Waals surface area contributed by atoms with E-state index in [1.54, 1.807) is 0 Å². The minimum atomic E-state index is 0.310. The first kappa shape index (κ1) is 6.57. The fourth-order valence-corrected chi connectivity index (χ4v) is 1.16. The van der Waals surface area contributed by atoms with Gasteiger partial charge in [0.15, 0.2) is 0 Å². The standard InChI is InChI=1S/C7H11NO/c1-6-7(2-4-8)3-5-9-6/h6-7H,2-3,5H2,1H3/t6-,7-/m0/s1. The van der Waals surface area contributed by atoms with E-state index >= 15 is 0 Å². The summed E-state index contributed by atoms with van der Waals surface area (Å²) in [7, 11) is 0. The van der Waals surface area contributed by atoms with Crippen molar-refractivity contribution in [2.45, 2.75) is 25.9 Å². The maximum Gasteiger partial charge on any atom is 0.0625 e. The van der Waals surface area contributed by atoms with Crippen LogP contribution in [0.25, 0.3) is 0 Å². The lowest BCUT2D eigenvalue weighted by Crippen LogP contribution is -2.09. The largest absolute Gasteiger partial charge is 0.378 e. The summed E-state index contributed by atoms with van der Waals surface area (Å²) in [6.45, 7) is 2.88. The Hall–Kier alpha value is -0.550. The van der Waals surface area contributed by atoms with Crippen molar-refractivity contribution in [3.63, 3.8) is 0 Å². The molecule has 0 spiro atoms. The van der Waals surface area contributed by atoms with E-state index in [0.29, 0.717) is 18.4 Å². The van der Waals surface area contributed by atoms with E-state index in [0.717, 1.165) is 13.0 Å². The van der Waals surface area contributed by atoms with Gasteiger partial charge in [0.2, 0.25) is 0 Å². The molecule has 1 saturated heterocycles. The lowest BCUT2D eigenvalue weighted by Gasteiger charge is -2.07. The van der Waals surface area contributed by atoms with Crippen molar-refractivity contribution in [2.24, 2.45) is 5.92 Å². The molecule has 2 atom stereocenters. The number of rotatable bonds is 1. The van der Waals surface area contributed by atoms with Gasteiger partial charge in [-0.3, -0.25) is 0 Å². The van der Waals surface area contributed by atoms with Gasteiger partial charge in [0, 0.05) is 13.0 Å². The molecule has 0 N–H and O–H groups in total. The Morgan fingerprint density at radius 2 is 2.56 bits per heavy atom. The third-order valence-corrected chi connectivity index (χ3v) is 1.89. The first-order valence-electron chi connectivity index (χ1n) is 3.33. The van der Waals surface area contributed by atoms with Crippen LogP contribution in [0.1, 0.15) is 19.8 Å². The molecular weight excluding hydrogens is 114 g/mol. The predicted octanol–water partition coefficient (Wildman–Crippen LogP) is 1.33. The quantitative estimate of drug-likeness (QED) is 0.529. The SMILES string of the molecule is C[C@@H]1OCC[C@@H]1CC#N. The summed E-state index contributed by atoms with van der Waals surface area (Å²) in [6.07, 6.45) is 2.03. The van der Waals surface area contributed by atoms with Crippen LogP contribution < -0.4 is 0 Å². The highest BCUT2D eigenvalue weighted by molar-refractivity contribution is 4.82. The molecule has 1 fully saturated rings. The molecule has 0 radical (unpaired) electrons. The van der Waals surface area contributed by atoms with Crippen LogP contribution in [0.5, 0.6) is 0 Å². The van der Waals surface area contributed by atoms with Crippen LogP contribution in [-0.2, 0) is 4.74 Å². The Morgan fingerprint density at radius 3 is 3.00 bits per heavy atom. The van der Waals surface area contributed by atoms with Crippen molar-refractivity contribution >= 4 is 0 Å². The number of hydrogen-bond acceptors (Lipinski definition) is 2. The van der Waals surface area contributed by atoms with Crippen LogP contribution in [0.4, 0.5) is 0 Å². The molecule has 0 aromatic carbocycles. The van der Waals surface area contributed by atoms with Gasteiger partial charge in [-0.15, -0.1) is 0 Å². The predicted molar refractivity (Wildman–Crippen MR) is 33.8 cm³/mol. The summed E-state index contributed by atoms with van der Waals surface area (Å²) in [5, 5.41) is 8.34. The smallest absolute Gasteiger partial charge is 0.0625 e. The molecule has 50 valence electrons. The topological polar surface area (TPSA) is 33.0 Å². The van der Waals surface area contributed by atoms with E-state index in [9.17, 15) is 0 Å². The third kappa shape index (κ3) is 1.43. The molecular formula is C7H11NO. The Bertz CT molecular complexity index is 127. The summed E-state index contributed by atoms with van der Waals surface area (Å²) in [5.74, 6) is 0.495. The lowest BCUT2D eigenvalue weighted by molar-refractivity contribution is 0.107. The highest BCUT2D eigenvalue weighted by Crippen LogP contribution is 2.22. The zero-order valence-electron chi connectivity index (χ0n) is 5.63. The Labute approximate surface area is 55.4 Å². The van der Waals surface area contributed by atoms with Crippen molar-refractivity contribution in [3.05, 3.63) is 0 Å². The molecule has 0 bridgehead atoms. The molecule has 0 aromatic rings. The summed E-state index contributed by atoms with van der Waals surface area (Å²) >= 11 is 0. The maximum atomic E-state index is 8.34. The van der Waals surface area contributed by atoms with Gasteiger partial charge in [0.05, 0.1) is 12.2 Å². The molecule has 0 saturated carbocycles. The van der Waals surface area contributed by atoms with E-state index in [4.69, 9.17) is 10.00 Å².